The van der Waals surface area contributed by atoms with E-state index in [0.717, 1.165) is 16.7 Å². The molecule has 0 atom stereocenters. The summed E-state index contributed by atoms with van der Waals surface area (Å²) < 4.78 is 0.507. The first-order valence-electron chi connectivity index (χ1n) is 6.35. The van der Waals surface area contributed by atoms with Crippen molar-refractivity contribution >= 4 is 45.7 Å². The van der Waals surface area contributed by atoms with Crippen LogP contribution in [0, 0.1) is 0 Å². The van der Waals surface area contributed by atoms with E-state index in [4.69, 9.17) is 11.6 Å². The molecule has 0 fully saturated rings. The molecule has 3 rings (SSSR count). The van der Waals surface area contributed by atoms with Gasteiger partial charge in [-0.15, -0.1) is 11.3 Å². The fourth-order valence-corrected chi connectivity index (χ4v) is 2.81. The van der Waals surface area contributed by atoms with Gasteiger partial charge in [0.05, 0.1) is 14.7 Å². The summed E-state index contributed by atoms with van der Waals surface area (Å²) in [4.78, 5) is 28.5. The van der Waals surface area contributed by atoms with E-state index >= 15 is 0 Å². The second-order valence-corrected chi connectivity index (χ2v) is 6.12. The molecule has 2 N–H and O–H groups in total. The molecule has 3 aromatic rings. The zero-order valence-corrected chi connectivity index (χ0v) is 12.7. The van der Waals surface area contributed by atoms with Gasteiger partial charge in [-0.3, -0.25) is 20.4 Å². The van der Waals surface area contributed by atoms with Gasteiger partial charge in [0.1, 0.15) is 5.69 Å². The molecule has 1 aromatic carbocycles. The number of carbonyl (C=O) groups is 2. The maximum Gasteiger partial charge on any atom is 0.288 e. The second-order valence-electron chi connectivity index (χ2n) is 4.40. The van der Waals surface area contributed by atoms with Crippen LogP contribution in [-0.2, 0) is 0 Å². The van der Waals surface area contributed by atoms with E-state index in [1.807, 2.05) is 24.3 Å². The van der Waals surface area contributed by atoms with Crippen LogP contribution < -0.4 is 10.9 Å². The Morgan fingerprint density at radius 1 is 0.955 bits per heavy atom. The minimum Gasteiger partial charge on any atom is -0.266 e. The minimum atomic E-state index is -0.484. The number of hydrazine groups is 1. The van der Waals surface area contributed by atoms with Gasteiger partial charge < -0.3 is 0 Å². The van der Waals surface area contributed by atoms with E-state index in [0.29, 0.717) is 14.7 Å². The summed E-state index contributed by atoms with van der Waals surface area (Å²) in [5.74, 6) is -0.909. The summed E-state index contributed by atoms with van der Waals surface area (Å²) in [5, 5.41) is 0.941. The monoisotopic (exact) mass is 331 g/mol. The molecule has 0 spiro atoms. The largest absolute Gasteiger partial charge is 0.288 e. The van der Waals surface area contributed by atoms with E-state index < -0.39 is 11.8 Å². The molecule has 0 aliphatic rings. The molecule has 0 bridgehead atoms. The van der Waals surface area contributed by atoms with Gasteiger partial charge in [0, 0.05) is 5.39 Å². The molecule has 0 aliphatic heterocycles. The Labute approximate surface area is 134 Å². The van der Waals surface area contributed by atoms with Crippen LogP contribution in [0.15, 0.2) is 48.5 Å². The number of pyridine rings is 1. The summed E-state index contributed by atoms with van der Waals surface area (Å²) in [7, 11) is 0. The van der Waals surface area contributed by atoms with Gasteiger partial charge in [0.15, 0.2) is 0 Å². The van der Waals surface area contributed by atoms with Crippen molar-refractivity contribution in [2.75, 3.05) is 0 Å². The number of aromatic nitrogens is 1. The first-order chi connectivity index (χ1) is 10.6. The number of para-hydroxylation sites is 1. The lowest BCUT2D eigenvalue weighted by atomic mass is 10.2. The average molecular weight is 332 g/mol. The highest BCUT2D eigenvalue weighted by Gasteiger charge is 2.12. The standard InChI is InChI=1S/C15H10ClN3O2S/c16-13-8-7-12(22-13)15(21)19-18-14(20)11-6-5-9-3-1-2-4-10(9)17-11/h1-8H,(H,18,20)(H,19,21). The van der Waals surface area contributed by atoms with Crippen LogP contribution >= 0.6 is 22.9 Å². The van der Waals surface area contributed by atoms with E-state index in [9.17, 15) is 9.59 Å². The van der Waals surface area contributed by atoms with Gasteiger partial charge >= 0.3 is 0 Å². The van der Waals surface area contributed by atoms with Crippen LogP contribution in [0.4, 0.5) is 0 Å². The summed E-state index contributed by atoms with van der Waals surface area (Å²) in [6.07, 6.45) is 0. The molecule has 0 aliphatic carbocycles. The maximum absolute atomic E-state index is 12.0. The SMILES string of the molecule is O=C(NNC(=O)c1ccc(Cl)s1)c1ccc2ccccc2n1. The molecule has 2 heterocycles. The number of carbonyl (C=O) groups excluding carboxylic acids is 2. The van der Waals surface area contributed by atoms with Crippen molar-refractivity contribution in [1.29, 1.82) is 0 Å². The lowest BCUT2D eigenvalue weighted by Crippen LogP contribution is -2.41. The zero-order chi connectivity index (χ0) is 15.5. The number of nitrogens with zero attached hydrogens (tertiary/aromatic N) is 1. The summed E-state index contributed by atoms with van der Waals surface area (Å²) in [6, 6.07) is 14.1. The quantitative estimate of drug-likeness (QED) is 0.709. The predicted molar refractivity (Wildman–Crippen MR) is 86.0 cm³/mol. The number of rotatable bonds is 2. The Morgan fingerprint density at radius 2 is 1.73 bits per heavy atom. The number of fused-ring (bicyclic) bond motifs is 1. The number of halogens is 1. The van der Waals surface area contributed by atoms with E-state index in [1.54, 1.807) is 24.3 Å². The zero-order valence-electron chi connectivity index (χ0n) is 11.2. The lowest BCUT2D eigenvalue weighted by molar-refractivity contribution is 0.0846. The Balaban J connectivity index is 1.69. The Hall–Kier alpha value is -2.44. The van der Waals surface area contributed by atoms with Crippen LogP contribution in [0.1, 0.15) is 20.2 Å². The molecule has 7 heteroatoms. The Kier molecular flexibility index (Phi) is 4.04. The van der Waals surface area contributed by atoms with Gasteiger partial charge in [0.2, 0.25) is 0 Å². The van der Waals surface area contributed by atoms with Gasteiger partial charge in [-0.05, 0) is 24.3 Å². The van der Waals surface area contributed by atoms with Crippen molar-refractivity contribution in [3.8, 4) is 0 Å². The highest BCUT2D eigenvalue weighted by Crippen LogP contribution is 2.20. The van der Waals surface area contributed by atoms with Gasteiger partial charge in [-0.1, -0.05) is 35.9 Å². The smallest absolute Gasteiger partial charge is 0.266 e. The number of hydrogen-bond donors (Lipinski definition) is 2. The third kappa shape index (κ3) is 3.08. The first kappa shape index (κ1) is 14.5. The molecule has 0 saturated heterocycles. The molecule has 2 amide bonds. The predicted octanol–water partition coefficient (Wildman–Crippen LogP) is 3.02. The van der Waals surface area contributed by atoms with Crippen molar-refractivity contribution in [3.63, 3.8) is 0 Å². The van der Waals surface area contributed by atoms with E-state index in [2.05, 4.69) is 15.8 Å². The number of benzene rings is 1. The number of thiophene rings is 1. The van der Waals surface area contributed by atoms with E-state index in [1.165, 1.54) is 0 Å². The molecule has 0 unspecified atom stereocenters. The maximum atomic E-state index is 12.0. The third-order valence-corrected chi connectivity index (χ3v) is 4.15. The van der Waals surface area contributed by atoms with Crippen molar-refractivity contribution in [1.82, 2.24) is 15.8 Å². The fraction of sp³-hybridized carbons (Fsp3) is 0. The molecular weight excluding hydrogens is 322 g/mol. The van der Waals surface area contributed by atoms with Gasteiger partial charge in [0.25, 0.3) is 11.8 Å². The van der Waals surface area contributed by atoms with Crippen LogP contribution in [0.5, 0.6) is 0 Å². The molecule has 0 saturated carbocycles. The topological polar surface area (TPSA) is 71.1 Å². The fourth-order valence-electron chi connectivity index (χ4n) is 1.87. The lowest BCUT2D eigenvalue weighted by Gasteiger charge is -2.06. The third-order valence-electron chi connectivity index (χ3n) is 2.92. The average Bonchev–Trinajstić information content (AvgIpc) is 2.98. The van der Waals surface area contributed by atoms with Crippen molar-refractivity contribution in [2.24, 2.45) is 0 Å². The molecule has 22 heavy (non-hydrogen) atoms. The Morgan fingerprint density at radius 3 is 2.50 bits per heavy atom. The molecular formula is C15H10ClN3O2S. The van der Waals surface area contributed by atoms with Crippen molar-refractivity contribution in [2.45, 2.75) is 0 Å². The van der Waals surface area contributed by atoms with Crippen LogP contribution in [0.2, 0.25) is 4.34 Å². The number of amides is 2. The van der Waals surface area contributed by atoms with Gasteiger partial charge in [-0.2, -0.15) is 0 Å². The molecule has 2 aromatic heterocycles. The summed E-state index contributed by atoms with van der Waals surface area (Å²) in [6.45, 7) is 0. The highest BCUT2D eigenvalue weighted by molar-refractivity contribution is 7.17. The molecule has 5 nitrogen and oxygen atoms in total. The van der Waals surface area contributed by atoms with Gasteiger partial charge in [-0.25, -0.2) is 4.98 Å². The molecule has 0 radical (unpaired) electrons. The minimum absolute atomic E-state index is 0.225. The van der Waals surface area contributed by atoms with Crippen LogP contribution in [0.3, 0.4) is 0 Å². The van der Waals surface area contributed by atoms with Crippen molar-refractivity contribution < 1.29 is 9.59 Å². The van der Waals surface area contributed by atoms with E-state index in [-0.39, 0.29) is 5.69 Å². The number of hydrogen-bond acceptors (Lipinski definition) is 4. The first-order valence-corrected chi connectivity index (χ1v) is 7.55. The van der Waals surface area contributed by atoms with Crippen LogP contribution in [-0.4, -0.2) is 16.8 Å². The number of nitrogens with one attached hydrogen (secondary N) is 2. The normalized spacial score (nSPS) is 10.4. The van der Waals surface area contributed by atoms with Crippen LogP contribution in [0.25, 0.3) is 10.9 Å². The summed E-state index contributed by atoms with van der Waals surface area (Å²) in [5.41, 5.74) is 5.61. The highest BCUT2D eigenvalue weighted by atomic mass is 35.5. The Bertz CT molecular complexity index is 863. The molecule has 110 valence electrons. The second kappa shape index (κ2) is 6.13. The van der Waals surface area contributed by atoms with Crippen molar-refractivity contribution in [3.05, 3.63) is 63.4 Å². The summed E-state index contributed by atoms with van der Waals surface area (Å²) >= 11 is 6.89.